The monoisotopic (exact) mass is 460 g/mol. The van der Waals surface area contributed by atoms with E-state index in [1.54, 1.807) is 0 Å². The first-order valence-electron chi connectivity index (χ1n) is 11.1. The third-order valence-corrected chi connectivity index (χ3v) is 8.73. The summed E-state index contributed by atoms with van der Waals surface area (Å²) in [5.74, 6) is 0.146. The van der Waals surface area contributed by atoms with Crippen LogP contribution in [0.25, 0.3) is 0 Å². The first-order valence-corrected chi connectivity index (χ1v) is 13.1. The predicted octanol–water partition coefficient (Wildman–Crippen LogP) is 5.28. The van der Waals surface area contributed by atoms with Gasteiger partial charge in [0.05, 0.1) is 16.9 Å². The molecular formula is C24H29ClN2O3S. The van der Waals surface area contributed by atoms with Gasteiger partial charge in [0.1, 0.15) is 0 Å². The van der Waals surface area contributed by atoms with Crippen molar-refractivity contribution in [3.05, 3.63) is 58.6 Å². The number of anilines is 2. The second-order valence-corrected chi connectivity index (χ2v) is 11.0. The fourth-order valence-corrected chi connectivity index (χ4v) is 6.69. The summed E-state index contributed by atoms with van der Waals surface area (Å²) < 4.78 is 26.8. The van der Waals surface area contributed by atoms with Crippen molar-refractivity contribution in [2.24, 2.45) is 0 Å². The third-order valence-electron chi connectivity index (χ3n) is 6.50. The molecule has 0 aromatic heterocycles. The maximum atomic E-state index is 13.4. The van der Waals surface area contributed by atoms with Gasteiger partial charge in [-0.25, -0.2) is 8.42 Å². The van der Waals surface area contributed by atoms with Gasteiger partial charge in [0.25, 0.3) is 0 Å². The highest BCUT2D eigenvalue weighted by Gasteiger charge is 2.42. The minimum Gasteiger partial charge on any atom is -0.325 e. The minimum atomic E-state index is -3.31. The van der Waals surface area contributed by atoms with Gasteiger partial charge < -0.3 is 5.32 Å². The van der Waals surface area contributed by atoms with Gasteiger partial charge in [0.2, 0.25) is 15.9 Å². The molecule has 166 valence electrons. The molecule has 2 aromatic carbocycles. The van der Waals surface area contributed by atoms with Crippen LogP contribution in [-0.4, -0.2) is 26.6 Å². The Morgan fingerprint density at radius 3 is 2.48 bits per heavy atom. The van der Waals surface area contributed by atoms with E-state index in [4.69, 9.17) is 11.6 Å². The van der Waals surface area contributed by atoms with Crippen LogP contribution in [0.5, 0.6) is 0 Å². The van der Waals surface area contributed by atoms with Crippen LogP contribution >= 0.6 is 11.6 Å². The van der Waals surface area contributed by atoms with Crippen molar-refractivity contribution in [1.82, 2.24) is 0 Å². The summed E-state index contributed by atoms with van der Waals surface area (Å²) in [7, 11) is -3.31. The van der Waals surface area contributed by atoms with Gasteiger partial charge in [0, 0.05) is 17.3 Å². The van der Waals surface area contributed by atoms with E-state index in [0.29, 0.717) is 18.0 Å². The molecule has 0 atom stereocenters. The first-order chi connectivity index (χ1) is 14.9. The second-order valence-electron chi connectivity index (χ2n) is 8.59. The summed E-state index contributed by atoms with van der Waals surface area (Å²) in [4.78, 5) is 13.4. The molecule has 1 aliphatic heterocycles. The van der Waals surface area contributed by atoms with E-state index >= 15 is 0 Å². The number of benzene rings is 2. The number of aryl methyl sites for hydroxylation is 1. The number of fused-ring (bicyclic) bond motifs is 1. The molecule has 1 amide bonds. The van der Waals surface area contributed by atoms with Crippen LogP contribution in [0.15, 0.2) is 42.5 Å². The molecule has 1 saturated carbocycles. The Hall–Kier alpha value is -2.05. The molecule has 1 fully saturated rings. The van der Waals surface area contributed by atoms with Crippen LogP contribution in [0.2, 0.25) is 5.02 Å². The number of nitrogens with zero attached hydrogens (tertiary/aromatic N) is 1. The van der Waals surface area contributed by atoms with Crippen molar-refractivity contribution >= 4 is 38.9 Å². The molecule has 7 heteroatoms. The summed E-state index contributed by atoms with van der Waals surface area (Å²) in [6.07, 6.45) is 5.84. The number of hydrogen-bond acceptors (Lipinski definition) is 3. The highest BCUT2D eigenvalue weighted by Crippen LogP contribution is 2.42. The first kappa shape index (κ1) is 22.2. The number of hydrogen-bond donors (Lipinski definition) is 1. The molecule has 1 heterocycles. The zero-order valence-corrected chi connectivity index (χ0v) is 19.4. The van der Waals surface area contributed by atoms with E-state index in [0.717, 1.165) is 61.0 Å². The third kappa shape index (κ3) is 4.33. The minimum absolute atomic E-state index is 0.00135. The number of carbonyl (C=O) groups excluding carboxylic acids is 1. The maximum Gasteiger partial charge on any atom is 0.235 e. The van der Waals surface area contributed by atoms with Crippen molar-refractivity contribution in [3.8, 4) is 0 Å². The average Bonchev–Trinajstić information content (AvgIpc) is 3.25. The average molecular weight is 461 g/mol. The topological polar surface area (TPSA) is 66.5 Å². The Morgan fingerprint density at radius 2 is 1.81 bits per heavy atom. The standard InChI is InChI=1S/C24H29ClN2O3S/c1-2-16-31(29,30)27-15-5-6-18-17-21(11-12-22(18)27)26-23(28)24(13-3-4-14-24)19-7-9-20(25)10-8-19/h7-12,17H,2-6,13-16H2,1H3,(H,26,28). The number of carbonyl (C=O) groups is 1. The Balaban J connectivity index is 1.60. The highest BCUT2D eigenvalue weighted by atomic mass is 35.5. The summed E-state index contributed by atoms with van der Waals surface area (Å²) in [6.45, 7) is 2.39. The molecule has 0 spiro atoms. The van der Waals surface area contributed by atoms with E-state index in [9.17, 15) is 13.2 Å². The Morgan fingerprint density at radius 1 is 1.10 bits per heavy atom. The summed E-state index contributed by atoms with van der Waals surface area (Å²) in [5, 5.41) is 3.79. The fraction of sp³-hybridized carbons (Fsp3) is 0.458. The van der Waals surface area contributed by atoms with E-state index in [2.05, 4.69) is 5.32 Å². The Bertz CT molecular complexity index is 1060. The zero-order chi connectivity index (χ0) is 22.1. The molecule has 5 nitrogen and oxygen atoms in total. The second kappa shape index (κ2) is 8.83. The van der Waals surface area contributed by atoms with Crippen LogP contribution in [0.1, 0.15) is 56.6 Å². The number of amides is 1. The largest absolute Gasteiger partial charge is 0.325 e. The van der Waals surface area contributed by atoms with Gasteiger partial charge in [-0.3, -0.25) is 9.10 Å². The molecule has 0 saturated heterocycles. The van der Waals surface area contributed by atoms with Gasteiger partial charge >= 0.3 is 0 Å². The van der Waals surface area contributed by atoms with Gasteiger partial charge in [-0.1, -0.05) is 43.5 Å². The van der Waals surface area contributed by atoms with Gasteiger partial charge in [0.15, 0.2) is 0 Å². The molecule has 4 rings (SSSR count). The molecular weight excluding hydrogens is 432 g/mol. The fourth-order valence-electron chi connectivity index (χ4n) is 4.94. The Kier molecular flexibility index (Phi) is 6.31. The molecule has 2 aliphatic rings. The quantitative estimate of drug-likeness (QED) is 0.637. The normalized spacial score (nSPS) is 17.9. The molecule has 31 heavy (non-hydrogen) atoms. The van der Waals surface area contributed by atoms with Gasteiger partial charge in [-0.05, 0) is 73.6 Å². The van der Waals surface area contributed by atoms with Crippen molar-refractivity contribution in [2.75, 3.05) is 21.9 Å². The molecule has 0 unspecified atom stereocenters. The molecule has 0 bridgehead atoms. The van der Waals surface area contributed by atoms with E-state index in [1.807, 2.05) is 49.4 Å². The van der Waals surface area contributed by atoms with E-state index in [1.165, 1.54) is 4.31 Å². The lowest BCUT2D eigenvalue weighted by Gasteiger charge is -2.31. The number of nitrogens with one attached hydrogen (secondary N) is 1. The van der Waals surface area contributed by atoms with Crippen LogP contribution in [0.4, 0.5) is 11.4 Å². The van der Waals surface area contributed by atoms with E-state index < -0.39 is 15.4 Å². The zero-order valence-electron chi connectivity index (χ0n) is 17.9. The molecule has 1 N–H and O–H groups in total. The van der Waals surface area contributed by atoms with Crippen molar-refractivity contribution < 1.29 is 13.2 Å². The SMILES string of the molecule is CCCS(=O)(=O)N1CCCc2cc(NC(=O)C3(c4ccc(Cl)cc4)CCCC3)ccc21. The lowest BCUT2D eigenvalue weighted by atomic mass is 9.78. The summed E-state index contributed by atoms with van der Waals surface area (Å²) >= 11 is 6.06. The number of halogens is 1. The van der Waals surface area contributed by atoms with Gasteiger partial charge in [-0.2, -0.15) is 0 Å². The van der Waals surface area contributed by atoms with Crippen molar-refractivity contribution in [1.29, 1.82) is 0 Å². The number of sulfonamides is 1. The predicted molar refractivity (Wildman–Crippen MR) is 126 cm³/mol. The van der Waals surface area contributed by atoms with Crippen LogP contribution in [0.3, 0.4) is 0 Å². The maximum absolute atomic E-state index is 13.4. The van der Waals surface area contributed by atoms with Gasteiger partial charge in [-0.15, -0.1) is 0 Å². The van der Waals surface area contributed by atoms with Crippen molar-refractivity contribution in [2.45, 2.75) is 57.3 Å². The highest BCUT2D eigenvalue weighted by molar-refractivity contribution is 7.92. The molecule has 1 aliphatic carbocycles. The number of rotatable bonds is 6. The lowest BCUT2D eigenvalue weighted by molar-refractivity contribution is -0.121. The summed E-state index contributed by atoms with van der Waals surface area (Å²) in [5.41, 5.74) is 2.89. The van der Waals surface area contributed by atoms with Crippen LogP contribution in [0, 0.1) is 0 Å². The van der Waals surface area contributed by atoms with Crippen LogP contribution in [-0.2, 0) is 26.7 Å². The van der Waals surface area contributed by atoms with E-state index in [-0.39, 0.29) is 11.7 Å². The van der Waals surface area contributed by atoms with Crippen molar-refractivity contribution in [3.63, 3.8) is 0 Å². The molecule has 2 aromatic rings. The lowest BCUT2D eigenvalue weighted by Crippen LogP contribution is -2.38. The summed E-state index contributed by atoms with van der Waals surface area (Å²) in [6, 6.07) is 13.2. The smallest absolute Gasteiger partial charge is 0.235 e. The van der Waals surface area contributed by atoms with Crippen LogP contribution < -0.4 is 9.62 Å². The Labute approximate surface area is 189 Å². The molecule has 0 radical (unpaired) electrons.